The lowest BCUT2D eigenvalue weighted by Gasteiger charge is -2.16. The second-order valence-electron chi connectivity index (χ2n) is 5.67. The molecule has 0 bridgehead atoms. The van der Waals surface area contributed by atoms with Gasteiger partial charge in [-0.1, -0.05) is 42.5 Å². The van der Waals surface area contributed by atoms with E-state index in [1.54, 1.807) is 25.4 Å². The molecule has 24 heavy (non-hydrogen) atoms. The zero-order valence-electron chi connectivity index (χ0n) is 13.4. The summed E-state index contributed by atoms with van der Waals surface area (Å²) < 4.78 is 15.5. The van der Waals surface area contributed by atoms with Crippen LogP contribution in [0.3, 0.4) is 0 Å². The van der Waals surface area contributed by atoms with Crippen LogP contribution in [-0.2, 0) is 13.1 Å². The van der Waals surface area contributed by atoms with E-state index in [0.717, 1.165) is 11.1 Å². The van der Waals surface area contributed by atoms with Crippen molar-refractivity contribution in [1.82, 2.24) is 14.7 Å². The van der Waals surface area contributed by atoms with Gasteiger partial charge < -0.3 is 4.90 Å². The number of nitrogens with zero attached hydrogens (tertiary/aromatic N) is 3. The largest absolute Gasteiger partial charge is 0.337 e. The molecule has 4 nitrogen and oxygen atoms in total. The lowest BCUT2D eigenvalue weighted by molar-refractivity contribution is 0.0780. The van der Waals surface area contributed by atoms with Gasteiger partial charge >= 0.3 is 0 Å². The predicted octanol–water partition coefficient (Wildman–Crippen LogP) is 3.34. The SMILES string of the molecule is CN(Cc1cnn(Cc2ccccc2)c1)C(=O)c1ccccc1F. The van der Waals surface area contributed by atoms with E-state index in [1.165, 1.54) is 17.0 Å². The van der Waals surface area contributed by atoms with Crippen molar-refractivity contribution in [3.8, 4) is 0 Å². The fourth-order valence-corrected chi connectivity index (χ4v) is 2.53. The maximum absolute atomic E-state index is 13.7. The molecule has 0 aliphatic carbocycles. The monoisotopic (exact) mass is 323 g/mol. The minimum Gasteiger partial charge on any atom is -0.337 e. The molecular weight excluding hydrogens is 305 g/mol. The van der Waals surface area contributed by atoms with Crippen molar-refractivity contribution in [2.45, 2.75) is 13.1 Å². The molecule has 0 spiro atoms. The summed E-state index contributed by atoms with van der Waals surface area (Å²) in [6.45, 7) is 1.05. The van der Waals surface area contributed by atoms with Gasteiger partial charge in [0.05, 0.1) is 18.3 Å². The molecule has 0 radical (unpaired) electrons. The number of amides is 1. The molecule has 1 aromatic heterocycles. The molecular formula is C19H18FN3O. The summed E-state index contributed by atoms with van der Waals surface area (Å²) in [4.78, 5) is 13.8. The van der Waals surface area contributed by atoms with Crippen LogP contribution in [0.1, 0.15) is 21.5 Å². The van der Waals surface area contributed by atoms with Crippen molar-refractivity contribution in [2.75, 3.05) is 7.05 Å². The summed E-state index contributed by atoms with van der Waals surface area (Å²) in [7, 11) is 1.66. The highest BCUT2D eigenvalue weighted by molar-refractivity contribution is 5.94. The van der Waals surface area contributed by atoms with Gasteiger partial charge in [-0.05, 0) is 17.7 Å². The number of aromatic nitrogens is 2. The molecule has 0 fully saturated rings. The van der Waals surface area contributed by atoms with Crippen molar-refractivity contribution in [1.29, 1.82) is 0 Å². The Kier molecular flexibility index (Phi) is 4.70. The first-order valence-electron chi connectivity index (χ1n) is 7.69. The van der Waals surface area contributed by atoms with E-state index in [1.807, 2.05) is 41.2 Å². The second kappa shape index (κ2) is 7.08. The lowest BCUT2D eigenvalue weighted by Crippen LogP contribution is -2.26. The summed E-state index contributed by atoms with van der Waals surface area (Å²) in [6, 6.07) is 16.0. The summed E-state index contributed by atoms with van der Waals surface area (Å²) in [5.41, 5.74) is 2.14. The number of carbonyl (C=O) groups excluding carboxylic acids is 1. The van der Waals surface area contributed by atoms with Gasteiger partial charge in [0.1, 0.15) is 5.82 Å². The minimum absolute atomic E-state index is 0.0803. The Bertz CT molecular complexity index is 829. The molecule has 122 valence electrons. The Morgan fingerprint density at radius 2 is 1.79 bits per heavy atom. The van der Waals surface area contributed by atoms with Crippen molar-refractivity contribution in [3.63, 3.8) is 0 Å². The molecule has 3 rings (SSSR count). The highest BCUT2D eigenvalue weighted by Gasteiger charge is 2.16. The third kappa shape index (κ3) is 3.68. The average molecular weight is 323 g/mol. The summed E-state index contributed by atoms with van der Waals surface area (Å²) >= 11 is 0. The molecule has 5 heteroatoms. The van der Waals surface area contributed by atoms with Gasteiger partial charge in [-0.2, -0.15) is 5.10 Å². The Balaban J connectivity index is 1.66. The summed E-state index contributed by atoms with van der Waals surface area (Å²) in [5.74, 6) is -0.849. The standard InChI is InChI=1S/C19H18FN3O/c1-22(19(24)17-9-5-6-10-18(17)20)12-16-11-21-23(14-16)13-15-7-3-2-4-8-15/h2-11,14H,12-13H2,1H3. The van der Waals surface area contributed by atoms with E-state index in [9.17, 15) is 9.18 Å². The van der Waals surface area contributed by atoms with Crippen LogP contribution in [0.25, 0.3) is 0 Å². The van der Waals surface area contributed by atoms with Crippen LogP contribution in [-0.4, -0.2) is 27.6 Å². The predicted molar refractivity (Wildman–Crippen MR) is 90.0 cm³/mol. The molecule has 2 aromatic carbocycles. The quantitative estimate of drug-likeness (QED) is 0.722. The highest BCUT2D eigenvalue weighted by atomic mass is 19.1. The first kappa shape index (κ1) is 15.9. The number of carbonyl (C=O) groups is 1. The maximum atomic E-state index is 13.7. The molecule has 0 atom stereocenters. The van der Waals surface area contributed by atoms with Crippen LogP contribution >= 0.6 is 0 Å². The van der Waals surface area contributed by atoms with Crippen LogP contribution in [0.5, 0.6) is 0 Å². The third-order valence-corrected chi connectivity index (χ3v) is 3.74. The van der Waals surface area contributed by atoms with Gasteiger partial charge in [0.25, 0.3) is 5.91 Å². The van der Waals surface area contributed by atoms with Crippen LogP contribution in [0.2, 0.25) is 0 Å². The molecule has 0 aliphatic heterocycles. The molecule has 0 unspecified atom stereocenters. The third-order valence-electron chi connectivity index (χ3n) is 3.74. The maximum Gasteiger partial charge on any atom is 0.256 e. The topological polar surface area (TPSA) is 38.1 Å². The summed E-state index contributed by atoms with van der Waals surface area (Å²) in [6.07, 6.45) is 3.63. The van der Waals surface area contributed by atoms with E-state index in [4.69, 9.17) is 0 Å². The van der Waals surface area contributed by atoms with Gasteiger partial charge in [-0.25, -0.2) is 4.39 Å². The first-order valence-corrected chi connectivity index (χ1v) is 7.69. The van der Waals surface area contributed by atoms with E-state index >= 15 is 0 Å². The van der Waals surface area contributed by atoms with Crippen molar-refractivity contribution in [3.05, 3.63) is 89.5 Å². The fourth-order valence-electron chi connectivity index (χ4n) is 2.53. The Morgan fingerprint density at radius 1 is 1.08 bits per heavy atom. The van der Waals surface area contributed by atoms with E-state index in [2.05, 4.69) is 5.10 Å². The molecule has 1 heterocycles. The van der Waals surface area contributed by atoms with Gasteiger partial charge in [-0.3, -0.25) is 9.48 Å². The second-order valence-corrected chi connectivity index (χ2v) is 5.67. The van der Waals surface area contributed by atoms with Crippen LogP contribution in [0.4, 0.5) is 4.39 Å². The minimum atomic E-state index is -0.505. The van der Waals surface area contributed by atoms with Gasteiger partial charge in [-0.15, -0.1) is 0 Å². The molecule has 1 amide bonds. The molecule has 0 saturated carbocycles. The Morgan fingerprint density at radius 3 is 2.54 bits per heavy atom. The molecule has 0 saturated heterocycles. The van der Waals surface area contributed by atoms with Crippen molar-refractivity contribution >= 4 is 5.91 Å². The van der Waals surface area contributed by atoms with Gasteiger partial charge in [0, 0.05) is 25.4 Å². The van der Waals surface area contributed by atoms with Crippen molar-refractivity contribution < 1.29 is 9.18 Å². The van der Waals surface area contributed by atoms with Crippen LogP contribution < -0.4 is 0 Å². The van der Waals surface area contributed by atoms with Crippen LogP contribution in [0, 0.1) is 5.82 Å². The first-order chi connectivity index (χ1) is 11.6. The molecule has 3 aromatic rings. The fraction of sp³-hybridized carbons (Fsp3) is 0.158. The van der Waals surface area contributed by atoms with Gasteiger partial charge in [0.2, 0.25) is 0 Å². The van der Waals surface area contributed by atoms with Crippen LogP contribution in [0.15, 0.2) is 67.0 Å². The van der Waals surface area contributed by atoms with E-state index in [0.29, 0.717) is 13.1 Å². The average Bonchev–Trinajstić information content (AvgIpc) is 3.02. The number of hydrogen-bond donors (Lipinski definition) is 0. The number of hydrogen-bond acceptors (Lipinski definition) is 2. The van der Waals surface area contributed by atoms with E-state index in [-0.39, 0.29) is 11.5 Å². The lowest BCUT2D eigenvalue weighted by atomic mass is 10.2. The molecule has 0 aliphatic rings. The number of rotatable bonds is 5. The smallest absolute Gasteiger partial charge is 0.256 e. The summed E-state index contributed by atoms with van der Waals surface area (Å²) in [5, 5.41) is 4.32. The highest BCUT2D eigenvalue weighted by Crippen LogP contribution is 2.12. The van der Waals surface area contributed by atoms with Crippen molar-refractivity contribution in [2.24, 2.45) is 0 Å². The normalized spacial score (nSPS) is 10.6. The Hall–Kier alpha value is -2.95. The molecule has 0 N–H and O–H groups in total. The van der Waals surface area contributed by atoms with E-state index < -0.39 is 5.82 Å². The Labute approximate surface area is 140 Å². The number of halogens is 1. The number of benzene rings is 2. The van der Waals surface area contributed by atoms with Gasteiger partial charge in [0.15, 0.2) is 0 Å². The zero-order valence-corrected chi connectivity index (χ0v) is 13.4. The zero-order chi connectivity index (χ0) is 16.9.